The number of hydrogen-bond donors (Lipinski definition) is 1. The molecule has 1 aliphatic carbocycles. The van der Waals surface area contributed by atoms with Crippen LogP contribution in [0.25, 0.3) is 10.2 Å². The largest absolute Gasteiger partial charge is 0.379 e. The number of thioether (sulfide) groups is 1. The molecule has 3 heterocycles. The summed E-state index contributed by atoms with van der Waals surface area (Å²) in [6.07, 6.45) is 7.62. The highest BCUT2D eigenvalue weighted by Crippen LogP contribution is 2.34. The van der Waals surface area contributed by atoms with Crippen molar-refractivity contribution in [3.63, 3.8) is 0 Å². The van der Waals surface area contributed by atoms with Crippen molar-refractivity contribution in [1.82, 2.24) is 19.8 Å². The molecule has 1 saturated heterocycles. The van der Waals surface area contributed by atoms with Gasteiger partial charge in [-0.15, -0.1) is 17.9 Å². The van der Waals surface area contributed by atoms with Crippen molar-refractivity contribution in [2.24, 2.45) is 0 Å². The van der Waals surface area contributed by atoms with Crippen molar-refractivity contribution in [1.29, 1.82) is 0 Å². The molecule has 9 heteroatoms. The number of nitrogens with one attached hydrogen (secondary N) is 1. The maximum Gasteiger partial charge on any atom is 0.263 e. The molecule has 0 aromatic carbocycles. The van der Waals surface area contributed by atoms with Crippen LogP contribution >= 0.6 is 23.1 Å². The van der Waals surface area contributed by atoms with Crippen LogP contribution in [0.5, 0.6) is 0 Å². The fourth-order valence-electron chi connectivity index (χ4n) is 5.01. The van der Waals surface area contributed by atoms with Crippen molar-refractivity contribution in [3.8, 4) is 0 Å². The number of hydrogen-bond acceptors (Lipinski definition) is 7. The maximum atomic E-state index is 13.1. The average Bonchev–Trinajstić information content (AvgIpc) is 3.13. The Hall–Kier alpha value is -1.68. The van der Waals surface area contributed by atoms with E-state index in [9.17, 15) is 9.59 Å². The van der Waals surface area contributed by atoms with Gasteiger partial charge in [-0.3, -0.25) is 19.1 Å². The first-order chi connectivity index (χ1) is 15.9. The van der Waals surface area contributed by atoms with Gasteiger partial charge < -0.3 is 10.1 Å². The molecule has 2 aromatic rings. The number of rotatable bonds is 8. The summed E-state index contributed by atoms with van der Waals surface area (Å²) in [6, 6.07) is 0. The van der Waals surface area contributed by atoms with Gasteiger partial charge in [0, 0.05) is 36.6 Å². The lowest BCUT2D eigenvalue weighted by molar-refractivity contribution is -0.119. The lowest BCUT2D eigenvalue weighted by Gasteiger charge is -2.48. The number of aryl methyl sites for hydroxylation is 2. The van der Waals surface area contributed by atoms with Crippen LogP contribution in [0.3, 0.4) is 0 Å². The Morgan fingerprint density at radius 1 is 1.27 bits per heavy atom. The van der Waals surface area contributed by atoms with Crippen LogP contribution in [0, 0.1) is 13.8 Å². The number of carbonyl (C=O) groups is 1. The summed E-state index contributed by atoms with van der Waals surface area (Å²) < 4.78 is 7.18. The zero-order valence-electron chi connectivity index (χ0n) is 19.7. The Balaban J connectivity index is 1.45. The monoisotopic (exact) mass is 490 g/mol. The van der Waals surface area contributed by atoms with Crippen LogP contribution in [-0.4, -0.2) is 64.5 Å². The number of morpholine rings is 1. The first kappa shape index (κ1) is 24.4. The first-order valence-electron chi connectivity index (χ1n) is 11.8. The number of allylic oxidation sites excluding steroid dienone is 1. The van der Waals surface area contributed by atoms with Crippen LogP contribution < -0.4 is 10.9 Å². The van der Waals surface area contributed by atoms with E-state index in [-0.39, 0.29) is 22.8 Å². The molecule has 7 nitrogen and oxygen atoms in total. The van der Waals surface area contributed by atoms with Gasteiger partial charge in [-0.1, -0.05) is 37.1 Å². The van der Waals surface area contributed by atoms with Gasteiger partial charge in [-0.2, -0.15) is 0 Å². The Kier molecular flexibility index (Phi) is 7.94. The summed E-state index contributed by atoms with van der Waals surface area (Å²) in [7, 11) is 0. The molecule has 2 fully saturated rings. The smallest absolute Gasteiger partial charge is 0.263 e. The summed E-state index contributed by atoms with van der Waals surface area (Å²) in [5.74, 6) is 0.216. The zero-order chi connectivity index (χ0) is 23.4. The number of ether oxygens (including phenoxy) is 1. The number of nitrogens with zero attached hydrogens (tertiary/aromatic N) is 3. The minimum absolute atomic E-state index is 0.0174. The molecule has 2 aliphatic rings. The quantitative estimate of drug-likeness (QED) is 0.347. The second-order valence-corrected chi connectivity index (χ2v) is 11.2. The molecule has 1 amide bonds. The molecule has 0 radical (unpaired) electrons. The molecule has 1 aliphatic heterocycles. The predicted octanol–water partition coefficient (Wildman–Crippen LogP) is 3.50. The number of aromatic nitrogens is 2. The van der Waals surface area contributed by atoms with E-state index in [1.54, 1.807) is 10.6 Å². The first-order valence-corrected chi connectivity index (χ1v) is 13.6. The molecule has 4 rings (SSSR count). The number of thiophene rings is 1. The van der Waals surface area contributed by atoms with E-state index in [2.05, 4.69) is 16.8 Å². The Morgan fingerprint density at radius 2 is 2.00 bits per heavy atom. The SMILES string of the molecule is C=CCn1c(SCC(=O)NCC2(N3CCOCC3)CCCCC2)nc2sc(C)c(C)c2c1=O. The van der Waals surface area contributed by atoms with E-state index in [1.807, 2.05) is 13.8 Å². The standard InChI is InChI=1S/C24H34N4O3S2/c1-4-10-28-22(30)20-17(2)18(3)33-21(20)26-23(28)32-15-19(29)25-16-24(8-6-5-7-9-24)27-11-13-31-14-12-27/h4H,1,5-16H2,2-3H3,(H,25,29). The highest BCUT2D eigenvalue weighted by atomic mass is 32.2. The molecule has 0 bridgehead atoms. The summed E-state index contributed by atoms with van der Waals surface area (Å²) in [5.41, 5.74) is 0.967. The van der Waals surface area contributed by atoms with Crippen molar-refractivity contribution >= 4 is 39.2 Å². The molecular weight excluding hydrogens is 456 g/mol. The van der Waals surface area contributed by atoms with E-state index in [0.717, 1.165) is 54.4 Å². The molecule has 0 spiro atoms. The number of carbonyl (C=O) groups excluding carboxylic acids is 1. The normalized spacial score (nSPS) is 19.0. The van der Waals surface area contributed by atoms with E-state index in [4.69, 9.17) is 9.72 Å². The topological polar surface area (TPSA) is 76.5 Å². The second kappa shape index (κ2) is 10.7. The van der Waals surface area contributed by atoms with Crippen LogP contribution in [-0.2, 0) is 16.1 Å². The van der Waals surface area contributed by atoms with Gasteiger partial charge in [0.25, 0.3) is 5.56 Å². The van der Waals surface area contributed by atoms with Gasteiger partial charge in [0.05, 0.1) is 24.4 Å². The van der Waals surface area contributed by atoms with Gasteiger partial charge in [0.15, 0.2) is 5.16 Å². The van der Waals surface area contributed by atoms with Gasteiger partial charge in [0.1, 0.15) is 4.83 Å². The molecule has 0 unspecified atom stereocenters. The van der Waals surface area contributed by atoms with E-state index >= 15 is 0 Å². The minimum Gasteiger partial charge on any atom is -0.379 e. The van der Waals surface area contributed by atoms with Gasteiger partial charge in [-0.05, 0) is 32.3 Å². The highest BCUT2D eigenvalue weighted by Gasteiger charge is 2.38. The summed E-state index contributed by atoms with van der Waals surface area (Å²) in [6.45, 7) is 12.2. The fourth-order valence-corrected chi connectivity index (χ4v) is 6.91. The highest BCUT2D eigenvalue weighted by molar-refractivity contribution is 7.99. The summed E-state index contributed by atoms with van der Waals surface area (Å²) in [5, 5.41) is 4.45. The summed E-state index contributed by atoms with van der Waals surface area (Å²) in [4.78, 5) is 35.1. The third-order valence-electron chi connectivity index (χ3n) is 6.98. The molecule has 33 heavy (non-hydrogen) atoms. The van der Waals surface area contributed by atoms with Crippen LogP contribution in [0.4, 0.5) is 0 Å². The van der Waals surface area contributed by atoms with Crippen LogP contribution in [0.15, 0.2) is 22.6 Å². The van der Waals surface area contributed by atoms with Crippen molar-refractivity contribution < 1.29 is 9.53 Å². The maximum absolute atomic E-state index is 13.1. The molecular formula is C24H34N4O3S2. The average molecular weight is 491 g/mol. The fraction of sp³-hybridized carbons (Fsp3) is 0.625. The van der Waals surface area contributed by atoms with E-state index in [0.29, 0.717) is 23.6 Å². The lowest BCUT2D eigenvalue weighted by atomic mass is 9.79. The summed E-state index contributed by atoms with van der Waals surface area (Å²) >= 11 is 2.86. The zero-order valence-corrected chi connectivity index (χ0v) is 21.3. The molecule has 1 saturated carbocycles. The Labute approximate surface area is 203 Å². The van der Waals surface area contributed by atoms with Gasteiger partial charge in [0.2, 0.25) is 5.91 Å². The van der Waals surface area contributed by atoms with E-state index in [1.165, 1.54) is 42.4 Å². The molecule has 2 aromatic heterocycles. The Morgan fingerprint density at radius 3 is 2.70 bits per heavy atom. The predicted molar refractivity (Wildman–Crippen MR) is 135 cm³/mol. The third kappa shape index (κ3) is 5.21. The third-order valence-corrected chi connectivity index (χ3v) is 9.06. The Bertz CT molecular complexity index is 1070. The van der Waals surface area contributed by atoms with E-state index < -0.39 is 0 Å². The lowest BCUT2D eigenvalue weighted by Crippen LogP contribution is -2.59. The minimum atomic E-state index is -0.0573. The van der Waals surface area contributed by atoms with Gasteiger partial charge in [-0.25, -0.2) is 4.98 Å². The van der Waals surface area contributed by atoms with Crippen molar-refractivity contribution in [3.05, 3.63) is 33.4 Å². The molecule has 0 atom stereocenters. The van der Waals surface area contributed by atoms with Crippen LogP contribution in [0.1, 0.15) is 42.5 Å². The number of amides is 1. The van der Waals surface area contributed by atoms with Gasteiger partial charge >= 0.3 is 0 Å². The molecule has 180 valence electrons. The van der Waals surface area contributed by atoms with Crippen LogP contribution in [0.2, 0.25) is 0 Å². The molecule has 1 N–H and O–H groups in total. The number of fused-ring (bicyclic) bond motifs is 1. The second-order valence-electron chi connectivity index (χ2n) is 9.01. The van der Waals surface area contributed by atoms with Crippen molar-refractivity contribution in [2.45, 2.75) is 63.2 Å². The van der Waals surface area contributed by atoms with Crippen molar-refractivity contribution in [2.75, 3.05) is 38.6 Å².